The first-order valence-corrected chi connectivity index (χ1v) is 7.83. The van der Waals surface area contributed by atoms with E-state index in [4.69, 9.17) is 5.73 Å². The van der Waals surface area contributed by atoms with Crippen molar-refractivity contribution in [1.29, 1.82) is 0 Å². The van der Waals surface area contributed by atoms with Gasteiger partial charge in [-0.3, -0.25) is 9.69 Å². The molecule has 2 N–H and O–H groups in total. The van der Waals surface area contributed by atoms with Crippen LogP contribution in [0.1, 0.15) is 46.5 Å². The van der Waals surface area contributed by atoms with Crippen molar-refractivity contribution in [2.24, 2.45) is 11.1 Å². The zero-order valence-electron chi connectivity index (χ0n) is 13.5. The van der Waals surface area contributed by atoms with Gasteiger partial charge in [0.05, 0.1) is 5.41 Å². The summed E-state index contributed by atoms with van der Waals surface area (Å²) in [4.78, 5) is 17.6. The van der Waals surface area contributed by atoms with Crippen molar-refractivity contribution >= 4 is 30.7 Å². The molecule has 0 bridgehead atoms. The number of hydrogen-bond acceptors (Lipinski definition) is 3. The van der Waals surface area contributed by atoms with Crippen LogP contribution in [-0.4, -0.2) is 54.0 Å². The van der Waals surface area contributed by atoms with Gasteiger partial charge in [0, 0.05) is 31.7 Å². The summed E-state index contributed by atoms with van der Waals surface area (Å²) in [6.45, 7) is 9.97. The zero-order chi connectivity index (χ0) is 14.0. The first kappa shape index (κ1) is 21.0. The molecule has 2 rings (SSSR count). The van der Waals surface area contributed by atoms with Crippen LogP contribution in [0.25, 0.3) is 0 Å². The average Bonchev–Trinajstić information content (AvgIpc) is 2.87. The van der Waals surface area contributed by atoms with Gasteiger partial charge in [-0.1, -0.05) is 13.8 Å². The Labute approximate surface area is 141 Å². The van der Waals surface area contributed by atoms with E-state index < -0.39 is 0 Å². The van der Waals surface area contributed by atoms with Crippen LogP contribution in [0.5, 0.6) is 0 Å². The summed E-state index contributed by atoms with van der Waals surface area (Å²) in [6.07, 6.45) is 4.21. The van der Waals surface area contributed by atoms with Gasteiger partial charge < -0.3 is 10.6 Å². The first-order chi connectivity index (χ1) is 9.07. The SMILES string of the molecule is CCC(CC)(CN)C(=O)N1CC2CCCN2CC1C.Cl.Cl. The van der Waals surface area contributed by atoms with Crippen molar-refractivity contribution in [1.82, 2.24) is 9.80 Å². The lowest BCUT2D eigenvalue weighted by atomic mass is 9.80. The van der Waals surface area contributed by atoms with E-state index in [0.717, 1.165) is 25.9 Å². The Bertz CT molecular complexity index is 329. The maximum absolute atomic E-state index is 12.9. The van der Waals surface area contributed by atoms with Crippen molar-refractivity contribution in [3.05, 3.63) is 0 Å². The molecule has 21 heavy (non-hydrogen) atoms. The molecule has 0 aliphatic carbocycles. The number of nitrogens with two attached hydrogens (primary N) is 1. The maximum Gasteiger partial charge on any atom is 0.230 e. The Hall–Kier alpha value is -0.0300. The number of piperazine rings is 1. The van der Waals surface area contributed by atoms with Crippen molar-refractivity contribution in [3.8, 4) is 0 Å². The van der Waals surface area contributed by atoms with Crippen LogP contribution >= 0.6 is 24.8 Å². The van der Waals surface area contributed by atoms with Gasteiger partial charge in [0.2, 0.25) is 5.91 Å². The molecule has 1 amide bonds. The van der Waals surface area contributed by atoms with Gasteiger partial charge in [0.15, 0.2) is 0 Å². The summed E-state index contributed by atoms with van der Waals surface area (Å²) >= 11 is 0. The van der Waals surface area contributed by atoms with Gasteiger partial charge in [-0.05, 0) is 39.2 Å². The van der Waals surface area contributed by atoms with E-state index in [-0.39, 0.29) is 30.2 Å². The van der Waals surface area contributed by atoms with E-state index in [2.05, 4.69) is 30.6 Å². The fourth-order valence-corrected chi connectivity index (χ4v) is 3.70. The molecule has 2 fully saturated rings. The molecule has 0 aromatic rings. The average molecular weight is 340 g/mol. The van der Waals surface area contributed by atoms with Crippen LogP contribution in [0.15, 0.2) is 0 Å². The number of halogens is 2. The fourth-order valence-electron chi connectivity index (χ4n) is 3.70. The molecule has 126 valence electrons. The smallest absolute Gasteiger partial charge is 0.230 e. The molecule has 0 saturated carbocycles. The van der Waals surface area contributed by atoms with Gasteiger partial charge in [-0.2, -0.15) is 0 Å². The molecule has 2 aliphatic rings. The predicted octanol–water partition coefficient (Wildman–Crippen LogP) is 2.29. The highest BCUT2D eigenvalue weighted by molar-refractivity contribution is 5.85. The van der Waals surface area contributed by atoms with Gasteiger partial charge in [-0.25, -0.2) is 0 Å². The van der Waals surface area contributed by atoms with E-state index in [1.165, 1.54) is 19.4 Å². The van der Waals surface area contributed by atoms with Crippen molar-refractivity contribution in [2.75, 3.05) is 26.2 Å². The van der Waals surface area contributed by atoms with Crippen LogP contribution in [0.3, 0.4) is 0 Å². The molecule has 2 heterocycles. The third-order valence-corrected chi connectivity index (χ3v) is 5.40. The highest BCUT2D eigenvalue weighted by Crippen LogP contribution is 2.32. The number of fused-ring (bicyclic) bond motifs is 1. The van der Waals surface area contributed by atoms with Crippen LogP contribution in [0.4, 0.5) is 0 Å². The van der Waals surface area contributed by atoms with E-state index in [1.807, 2.05) is 0 Å². The van der Waals surface area contributed by atoms with Crippen LogP contribution in [0, 0.1) is 5.41 Å². The summed E-state index contributed by atoms with van der Waals surface area (Å²) in [5.41, 5.74) is 5.59. The monoisotopic (exact) mass is 339 g/mol. The summed E-state index contributed by atoms with van der Waals surface area (Å²) in [6, 6.07) is 0.912. The Morgan fingerprint density at radius 1 is 1.24 bits per heavy atom. The zero-order valence-corrected chi connectivity index (χ0v) is 15.1. The molecule has 2 aliphatic heterocycles. The largest absolute Gasteiger partial charge is 0.337 e. The van der Waals surface area contributed by atoms with E-state index in [1.54, 1.807) is 0 Å². The molecule has 4 nitrogen and oxygen atoms in total. The molecular formula is C15H31Cl2N3O. The van der Waals surface area contributed by atoms with Gasteiger partial charge in [0.1, 0.15) is 0 Å². The van der Waals surface area contributed by atoms with E-state index in [9.17, 15) is 4.79 Å². The fraction of sp³-hybridized carbons (Fsp3) is 0.933. The van der Waals surface area contributed by atoms with E-state index in [0.29, 0.717) is 24.5 Å². The highest BCUT2D eigenvalue weighted by Gasteiger charge is 2.43. The van der Waals surface area contributed by atoms with Crippen LogP contribution in [-0.2, 0) is 4.79 Å². The third-order valence-electron chi connectivity index (χ3n) is 5.40. The Morgan fingerprint density at radius 2 is 1.86 bits per heavy atom. The lowest BCUT2D eigenvalue weighted by Gasteiger charge is -2.46. The summed E-state index contributed by atoms with van der Waals surface area (Å²) in [5, 5.41) is 0. The number of rotatable bonds is 4. The number of carbonyl (C=O) groups is 1. The van der Waals surface area contributed by atoms with Crippen LogP contribution in [0.2, 0.25) is 0 Å². The van der Waals surface area contributed by atoms with Crippen molar-refractivity contribution in [3.63, 3.8) is 0 Å². The minimum atomic E-state index is -0.338. The quantitative estimate of drug-likeness (QED) is 0.854. The first-order valence-electron chi connectivity index (χ1n) is 7.83. The van der Waals surface area contributed by atoms with Gasteiger partial charge in [-0.15, -0.1) is 24.8 Å². The number of carbonyl (C=O) groups excluding carboxylic acids is 1. The summed E-state index contributed by atoms with van der Waals surface area (Å²) in [7, 11) is 0. The minimum Gasteiger partial charge on any atom is -0.337 e. The minimum absolute atomic E-state index is 0. The number of nitrogens with zero attached hydrogens (tertiary/aromatic N) is 2. The third kappa shape index (κ3) is 3.84. The van der Waals surface area contributed by atoms with E-state index >= 15 is 0 Å². The van der Waals surface area contributed by atoms with Gasteiger partial charge >= 0.3 is 0 Å². The van der Waals surface area contributed by atoms with Crippen LogP contribution < -0.4 is 5.73 Å². The lowest BCUT2D eigenvalue weighted by Crippen LogP contribution is -2.60. The molecule has 0 aromatic carbocycles. The van der Waals surface area contributed by atoms with Gasteiger partial charge in [0.25, 0.3) is 0 Å². The number of hydrogen-bond donors (Lipinski definition) is 1. The molecule has 0 aromatic heterocycles. The number of amides is 1. The highest BCUT2D eigenvalue weighted by atomic mass is 35.5. The standard InChI is InChI=1S/C15H29N3O.2ClH/c1-4-15(5-2,11-16)14(19)18-10-13-7-6-8-17(13)9-12(18)3;;/h12-13H,4-11,16H2,1-3H3;2*1H. The Kier molecular flexibility index (Phi) is 8.55. The van der Waals surface area contributed by atoms with Crippen molar-refractivity contribution < 1.29 is 4.79 Å². The topological polar surface area (TPSA) is 49.6 Å². The predicted molar refractivity (Wildman–Crippen MR) is 92.3 cm³/mol. The van der Waals surface area contributed by atoms with Crippen molar-refractivity contribution in [2.45, 2.75) is 58.5 Å². The summed E-state index contributed by atoms with van der Waals surface area (Å²) in [5.74, 6) is 0.291. The molecule has 2 unspecified atom stereocenters. The molecule has 2 atom stereocenters. The second kappa shape index (κ2) is 8.56. The summed E-state index contributed by atoms with van der Waals surface area (Å²) < 4.78 is 0. The second-order valence-electron chi connectivity index (χ2n) is 6.29. The Balaban J connectivity index is 0.00000200. The molecule has 6 heteroatoms. The molecule has 0 spiro atoms. The maximum atomic E-state index is 12.9. The lowest BCUT2D eigenvalue weighted by molar-refractivity contribution is -0.148. The molecular weight excluding hydrogens is 309 g/mol. The normalized spacial score (nSPS) is 25.8. The Morgan fingerprint density at radius 3 is 2.38 bits per heavy atom. The second-order valence-corrected chi connectivity index (χ2v) is 6.29. The molecule has 0 radical (unpaired) electrons. The molecule has 2 saturated heterocycles.